The number of amides is 1. The Bertz CT molecular complexity index is 458. The molecule has 1 heterocycles. The molecule has 4 heteroatoms. The zero-order valence-corrected chi connectivity index (χ0v) is 13.3. The summed E-state index contributed by atoms with van der Waals surface area (Å²) in [6.07, 6.45) is 3.37. The third-order valence-corrected chi connectivity index (χ3v) is 4.13. The molecule has 21 heavy (non-hydrogen) atoms. The average Bonchev–Trinajstić information content (AvgIpc) is 2.54. The van der Waals surface area contributed by atoms with E-state index >= 15 is 0 Å². The molecule has 0 aliphatic carbocycles. The second-order valence-electron chi connectivity index (χ2n) is 5.74. The first-order valence-electron chi connectivity index (χ1n) is 7.87. The van der Waals surface area contributed by atoms with Crippen molar-refractivity contribution in [1.29, 1.82) is 0 Å². The van der Waals surface area contributed by atoms with Crippen molar-refractivity contribution in [3.63, 3.8) is 0 Å². The first-order chi connectivity index (χ1) is 10.1. The summed E-state index contributed by atoms with van der Waals surface area (Å²) in [5.41, 5.74) is 0.739. The maximum absolute atomic E-state index is 12.5. The number of nitrogens with one attached hydrogen (secondary N) is 1. The third kappa shape index (κ3) is 4.21. The Morgan fingerprint density at radius 1 is 1.43 bits per heavy atom. The largest absolute Gasteiger partial charge is 0.491 e. The van der Waals surface area contributed by atoms with Crippen LogP contribution in [0.15, 0.2) is 24.3 Å². The molecule has 1 aromatic carbocycles. The van der Waals surface area contributed by atoms with Gasteiger partial charge in [0.2, 0.25) is 0 Å². The summed E-state index contributed by atoms with van der Waals surface area (Å²) in [4.78, 5) is 14.4. The van der Waals surface area contributed by atoms with Crippen molar-refractivity contribution >= 4 is 5.91 Å². The summed E-state index contributed by atoms with van der Waals surface area (Å²) in [5, 5.41) is 3.26. The van der Waals surface area contributed by atoms with Crippen LogP contribution in [0, 0.1) is 0 Å². The van der Waals surface area contributed by atoms with Crippen LogP contribution < -0.4 is 10.1 Å². The monoisotopic (exact) mass is 290 g/mol. The number of carbonyl (C=O) groups excluding carboxylic acids is 1. The minimum Gasteiger partial charge on any atom is -0.491 e. The van der Waals surface area contributed by atoms with Crippen LogP contribution in [0.5, 0.6) is 5.75 Å². The molecule has 0 radical (unpaired) electrons. The highest BCUT2D eigenvalue weighted by molar-refractivity contribution is 5.94. The van der Waals surface area contributed by atoms with Gasteiger partial charge in [-0.05, 0) is 57.5 Å². The van der Waals surface area contributed by atoms with E-state index in [1.54, 1.807) is 0 Å². The average molecular weight is 290 g/mol. The van der Waals surface area contributed by atoms with Gasteiger partial charge in [-0.25, -0.2) is 0 Å². The van der Waals surface area contributed by atoms with Crippen molar-refractivity contribution in [1.82, 2.24) is 10.2 Å². The summed E-state index contributed by atoms with van der Waals surface area (Å²) in [6, 6.07) is 7.92. The van der Waals surface area contributed by atoms with Crippen molar-refractivity contribution in [3.05, 3.63) is 29.8 Å². The van der Waals surface area contributed by atoms with Crippen LogP contribution in [0.3, 0.4) is 0 Å². The molecule has 2 rings (SSSR count). The molecule has 1 N–H and O–H groups in total. The predicted octanol–water partition coefficient (Wildman–Crippen LogP) is 2.69. The molecule has 2 atom stereocenters. The minimum absolute atomic E-state index is 0.116. The molecule has 4 nitrogen and oxygen atoms in total. The smallest absolute Gasteiger partial charge is 0.253 e. The maximum Gasteiger partial charge on any atom is 0.253 e. The first-order valence-corrected chi connectivity index (χ1v) is 7.87. The molecule has 2 unspecified atom stereocenters. The lowest BCUT2D eigenvalue weighted by Gasteiger charge is -2.32. The van der Waals surface area contributed by atoms with Gasteiger partial charge in [0.15, 0.2) is 0 Å². The second-order valence-corrected chi connectivity index (χ2v) is 5.74. The fraction of sp³-hybridized carbons (Fsp3) is 0.588. The molecule has 0 spiro atoms. The lowest BCUT2D eigenvalue weighted by molar-refractivity contribution is 0.0698. The second kappa shape index (κ2) is 7.46. The Kier molecular flexibility index (Phi) is 5.62. The van der Waals surface area contributed by atoms with Gasteiger partial charge in [0.25, 0.3) is 5.91 Å². The molecule has 1 saturated heterocycles. The molecule has 0 aromatic heterocycles. The van der Waals surface area contributed by atoms with Crippen LogP contribution in [0.25, 0.3) is 0 Å². The van der Waals surface area contributed by atoms with Crippen LogP contribution in [-0.2, 0) is 0 Å². The van der Waals surface area contributed by atoms with E-state index in [0.29, 0.717) is 6.04 Å². The topological polar surface area (TPSA) is 41.6 Å². The fourth-order valence-corrected chi connectivity index (χ4v) is 2.57. The van der Waals surface area contributed by atoms with Crippen LogP contribution in [0.1, 0.15) is 43.5 Å². The minimum atomic E-state index is 0.116. The number of hydrogen-bond donors (Lipinski definition) is 1. The van der Waals surface area contributed by atoms with Gasteiger partial charge in [-0.3, -0.25) is 4.79 Å². The standard InChI is InChI=1S/C17H26N2O2/c1-4-13(2)21-16-9-7-14(8-10-16)17(20)19-11-5-6-15(12-19)18-3/h7-10,13,15,18H,4-6,11-12H2,1-3H3. The quantitative estimate of drug-likeness (QED) is 0.906. The van der Waals surface area contributed by atoms with E-state index < -0.39 is 0 Å². The molecule has 116 valence electrons. The number of likely N-dealkylation sites (tertiary alicyclic amines) is 1. The van der Waals surface area contributed by atoms with E-state index in [1.807, 2.05) is 43.1 Å². The van der Waals surface area contributed by atoms with Crippen molar-refractivity contribution < 1.29 is 9.53 Å². The van der Waals surface area contributed by atoms with Gasteiger partial charge in [0.1, 0.15) is 5.75 Å². The van der Waals surface area contributed by atoms with E-state index in [1.165, 1.54) is 0 Å². The molecule has 1 aliphatic rings. The summed E-state index contributed by atoms with van der Waals surface area (Å²) < 4.78 is 5.74. The normalized spacial score (nSPS) is 20.1. The molecule has 0 saturated carbocycles. The lowest BCUT2D eigenvalue weighted by Crippen LogP contribution is -2.46. The summed E-state index contributed by atoms with van der Waals surface area (Å²) >= 11 is 0. The van der Waals surface area contributed by atoms with E-state index in [-0.39, 0.29) is 12.0 Å². The van der Waals surface area contributed by atoms with Crippen LogP contribution in [0.2, 0.25) is 0 Å². The van der Waals surface area contributed by atoms with Crippen molar-refractivity contribution in [2.45, 2.75) is 45.3 Å². The third-order valence-electron chi connectivity index (χ3n) is 4.13. The molecular weight excluding hydrogens is 264 g/mol. The summed E-state index contributed by atoms with van der Waals surface area (Å²) in [5.74, 6) is 0.942. The molecule has 1 aliphatic heterocycles. The van der Waals surface area contributed by atoms with Crippen molar-refractivity contribution in [2.75, 3.05) is 20.1 Å². The predicted molar refractivity (Wildman–Crippen MR) is 84.8 cm³/mol. The Morgan fingerprint density at radius 3 is 2.76 bits per heavy atom. The van der Waals surface area contributed by atoms with Gasteiger partial charge >= 0.3 is 0 Å². The van der Waals surface area contributed by atoms with E-state index in [2.05, 4.69) is 12.2 Å². The molecule has 1 fully saturated rings. The summed E-state index contributed by atoms with van der Waals surface area (Å²) in [7, 11) is 1.96. The Balaban J connectivity index is 1.99. The number of ether oxygens (including phenoxy) is 1. The van der Waals surface area contributed by atoms with Crippen LogP contribution in [0.4, 0.5) is 0 Å². The zero-order valence-electron chi connectivity index (χ0n) is 13.3. The Morgan fingerprint density at radius 2 is 2.14 bits per heavy atom. The Labute approximate surface area is 127 Å². The SMILES string of the molecule is CCC(C)Oc1ccc(C(=O)N2CCCC(NC)C2)cc1. The molecule has 1 aromatic rings. The van der Waals surface area contributed by atoms with E-state index in [0.717, 1.165) is 43.7 Å². The lowest BCUT2D eigenvalue weighted by atomic mass is 10.0. The number of rotatable bonds is 5. The fourth-order valence-electron chi connectivity index (χ4n) is 2.57. The van der Waals surface area contributed by atoms with Crippen LogP contribution in [-0.4, -0.2) is 43.1 Å². The van der Waals surface area contributed by atoms with Crippen molar-refractivity contribution in [2.24, 2.45) is 0 Å². The number of piperidine rings is 1. The van der Waals surface area contributed by atoms with Gasteiger partial charge in [0, 0.05) is 24.7 Å². The highest BCUT2D eigenvalue weighted by atomic mass is 16.5. The van der Waals surface area contributed by atoms with Gasteiger partial charge in [-0.1, -0.05) is 6.92 Å². The molecule has 1 amide bonds. The maximum atomic E-state index is 12.5. The molecular formula is C17H26N2O2. The van der Waals surface area contributed by atoms with Gasteiger partial charge in [-0.2, -0.15) is 0 Å². The van der Waals surface area contributed by atoms with Crippen molar-refractivity contribution in [3.8, 4) is 5.75 Å². The molecule has 0 bridgehead atoms. The van der Waals surface area contributed by atoms with Crippen LogP contribution >= 0.6 is 0 Å². The zero-order chi connectivity index (χ0) is 15.2. The van der Waals surface area contributed by atoms with Gasteiger partial charge in [-0.15, -0.1) is 0 Å². The highest BCUT2D eigenvalue weighted by Gasteiger charge is 2.23. The van der Waals surface area contributed by atoms with E-state index in [4.69, 9.17) is 4.74 Å². The number of carbonyl (C=O) groups is 1. The summed E-state index contributed by atoms with van der Waals surface area (Å²) in [6.45, 7) is 5.78. The Hall–Kier alpha value is -1.55. The number of likely N-dealkylation sites (N-methyl/N-ethyl adjacent to an activating group) is 1. The first kappa shape index (κ1) is 15.8. The van der Waals surface area contributed by atoms with E-state index in [9.17, 15) is 4.79 Å². The number of hydrogen-bond acceptors (Lipinski definition) is 3. The number of benzene rings is 1. The van der Waals surface area contributed by atoms with Gasteiger partial charge in [0.05, 0.1) is 6.10 Å². The number of nitrogens with zero attached hydrogens (tertiary/aromatic N) is 1. The van der Waals surface area contributed by atoms with Gasteiger partial charge < -0.3 is 15.0 Å². The highest BCUT2D eigenvalue weighted by Crippen LogP contribution is 2.18.